The summed E-state index contributed by atoms with van der Waals surface area (Å²) < 4.78 is 19.7. The molecule has 2 heterocycles. The smallest absolute Gasteiger partial charge is 0.328 e. The van der Waals surface area contributed by atoms with Gasteiger partial charge in [-0.1, -0.05) is 25.5 Å². The maximum atomic E-state index is 13.2. The van der Waals surface area contributed by atoms with Crippen LogP contribution in [0.2, 0.25) is 0 Å². The summed E-state index contributed by atoms with van der Waals surface area (Å²) in [7, 11) is 0. The highest BCUT2D eigenvalue weighted by Gasteiger charge is 2.21. The van der Waals surface area contributed by atoms with Gasteiger partial charge in [0, 0.05) is 10.9 Å². The van der Waals surface area contributed by atoms with E-state index in [9.17, 15) is 14.0 Å². The first-order chi connectivity index (χ1) is 12.5. The Bertz CT molecular complexity index is 979. The second kappa shape index (κ2) is 7.78. The number of hydrogen-bond acceptors (Lipinski definition) is 5. The molecule has 0 radical (unpaired) electrons. The van der Waals surface area contributed by atoms with Gasteiger partial charge in [-0.05, 0) is 31.0 Å². The van der Waals surface area contributed by atoms with Crippen LogP contribution in [0.4, 0.5) is 4.39 Å². The van der Waals surface area contributed by atoms with Crippen molar-refractivity contribution < 1.29 is 13.9 Å². The number of esters is 1. The minimum Gasteiger partial charge on any atom is -0.464 e. The Balaban J connectivity index is 2.00. The van der Waals surface area contributed by atoms with Crippen LogP contribution in [-0.2, 0) is 9.53 Å². The van der Waals surface area contributed by atoms with Crippen LogP contribution in [0.15, 0.2) is 40.8 Å². The lowest BCUT2D eigenvalue weighted by Gasteiger charge is -2.14. The molecule has 0 spiro atoms. The van der Waals surface area contributed by atoms with Gasteiger partial charge in [-0.3, -0.25) is 9.36 Å². The lowest BCUT2D eigenvalue weighted by atomic mass is 10.1. The van der Waals surface area contributed by atoms with Crippen molar-refractivity contribution in [2.45, 2.75) is 32.7 Å². The van der Waals surface area contributed by atoms with Gasteiger partial charge in [0.1, 0.15) is 16.7 Å². The van der Waals surface area contributed by atoms with E-state index in [1.54, 1.807) is 19.1 Å². The van der Waals surface area contributed by atoms with E-state index < -0.39 is 12.0 Å². The van der Waals surface area contributed by atoms with Crippen LogP contribution >= 0.6 is 11.3 Å². The summed E-state index contributed by atoms with van der Waals surface area (Å²) in [5.41, 5.74) is 1.10. The Kier molecular flexibility index (Phi) is 5.46. The highest BCUT2D eigenvalue weighted by atomic mass is 32.1. The topological polar surface area (TPSA) is 61.2 Å². The van der Waals surface area contributed by atoms with Crippen molar-refractivity contribution in [2.24, 2.45) is 0 Å². The molecule has 0 fully saturated rings. The molecule has 0 aliphatic carbocycles. The molecule has 2 aromatic heterocycles. The second-order valence-corrected chi connectivity index (χ2v) is 6.85. The van der Waals surface area contributed by atoms with Crippen molar-refractivity contribution in [3.8, 4) is 11.1 Å². The van der Waals surface area contributed by atoms with Crippen LogP contribution in [-0.4, -0.2) is 22.1 Å². The standard InChI is InChI=1S/C19H19FN2O3S/c1-3-4-9-25-19(24)12(2)22-11-21-17-16(18(22)23)15(10-26-17)13-5-7-14(20)8-6-13/h5-8,10-12H,3-4,9H2,1-2H3/t12-/m1/s1. The summed E-state index contributed by atoms with van der Waals surface area (Å²) >= 11 is 1.34. The number of unbranched alkanes of at least 4 members (excludes halogenated alkanes) is 1. The third-order valence-corrected chi connectivity index (χ3v) is 5.06. The molecule has 0 unspecified atom stereocenters. The molecule has 26 heavy (non-hydrogen) atoms. The van der Waals surface area contributed by atoms with E-state index in [1.165, 1.54) is 34.4 Å². The monoisotopic (exact) mass is 374 g/mol. The van der Waals surface area contributed by atoms with E-state index in [2.05, 4.69) is 4.98 Å². The molecule has 3 rings (SSSR count). The van der Waals surface area contributed by atoms with Crippen molar-refractivity contribution in [2.75, 3.05) is 6.61 Å². The van der Waals surface area contributed by atoms with Crippen LogP contribution in [0.5, 0.6) is 0 Å². The summed E-state index contributed by atoms with van der Waals surface area (Å²) in [5.74, 6) is -0.799. The number of halogens is 1. The molecule has 7 heteroatoms. The largest absolute Gasteiger partial charge is 0.464 e. The molecule has 3 aromatic rings. The highest BCUT2D eigenvalue weighted by Crippen LogP contribution is 2.30. The fourth-order valence-electron chi connectivity index (χ4n) is 2.61. The molecule has 1 atom stereocenters. The summed E-state index contributed by atoms with van der Waals surface area (Å²) in [6, 6.07) is 5.17. The molecule has 136 valence electrons. The number of benzene rings is 1. The van der Waals surface area contributed by atoms with E-state index >= 15 is 0 Å². The molecule has 0 aliphatic heterocycles. The Labute approximate surface area is 154 Å². The first-order valence-corrected chi connectivity index (χ1v) is 9.31. The van der Waals surface area contributed by atoms with Gasteiger partial charge in [-0.2, -0.15) is 0 Å². The van der Waals surface area contributed by atoms with Gasteiger partial charge < -0.3 is 4.74 Å². The van der Waals surface area contributed by atoms with Gasteiger partial charge in [0.2, 0.25) is 0 Å². The highest BCUT2D eigenvalue weighted by molar-refractivity contribution is 7.17. The number of carbonyl (C=O) groups excluding carboxylic acids is 1. The fraction of sp³-hybridized carbons (Fsp3) is 0.316. The zero-order valence-corrected chi connectivity index (χ0v) is 15.4. The zero-order chi connectivity index (χ0) is 18.7. The predicted octanol–water partition coefficient (Wildman–Crippen LogP) is 4.17. The maximum Gasteiger partial charge on any atom is 0.328 e. The van der Waals surface area contributed by atoms with Crippen molar-refractivity contribution in [1.29, 1.82) is 0 Å². The number of rotatable bonds is 6. The number of hydrogen-bond donors (Lipinski definition) is 0. The maximum absolute atomic E-state index is 13.2. The van der Waals surface area contributed by atoms with Crippen molar-refractivity contribution in [3.63, 3.8) is 0 Å². The average molecular weight is 374 g/mol. The van der Waals surface area contributed by atoms with Gasteiger partial charge in [0.25, 0.3) is 5.56 Å². The Morgan fingerprint density at radius 1 is 1.35 bits per heavy atom. The molecule has 0 N–H and O–H groups in total. The molecular formula is C19H19FN2O3S. The fourth-order valence-corrected chi connectivity index (χ4v) is 3.52. The van der Waals surface area contributed by atoms with Gasteiger partial charge in [0.15, 0.2) is 0 Å². The van der Waals surface area contributed by atoms with E-state index in [0.717, 1.165) is 18.4 Å². The van der Waals surface area contributed by atoms with Crippen molar-refractivity contribution >= 4 is 27.5 Å². The number of ether oxygens (including phenoxy) is 1. The number of nitrogens with zero attached hydrogens (tertiary/aromatic N) is 2. The minimum absolute atomic E-state index is 0.310. The van der Waals surface area contributed by atoms with Crippen LogP contribution in [0.3, 0.4) is 0 Å². The first kappa shape index (κ1) is 18.3. The van der Waals surface area contributed by atoms with Crippen LogP contribution in [0.25, 0.3) is 21.3 Å². The first-order valence-electron chi connectivity index (χ1n) is 8.43. The molecule has 0 bridgehead atoms. The van der Waals surface area contributed by atoms with Gasteiger partial charge >= 0.3 is 5.97 Å². The molecule has 0 aliphatic rings. The summed E-state index contributed by atoms with van der Waals surface area (Å²) in [4.78, 5) is 30.0. The van der Waals surface area contributed by atoms with Gasteiger partial charge in [-0.15, -0.1) is 11.3 Å². The molecule has 0 saturated carbocycles. The lowest BCUT2D eigenvalue weighted by molar-refractivity contribution is -0.147. The summed E-state index contributed by atoms with van der Waals surface area (Å²) in [6.07, 6.45) is 3.08. The van der Waals surface area contributed by atoms with Crippen LogP contribution in [0, 0.1) is 5.82 Å². The Morgan fingerprint density at radius 3 is 2.77 bits per heavy atom. The number of aromatic nitrogens is 2. The average Bonchev–Trinajstić information content (AvgIpc) is 3.07. The molecule has 5 nitrogen and oxygen atoms in total. The number of thiophene rings is 1. The van der Waals surface area contributed by atoms with Crippen molar-refractivity contribution in [1.82, 2.24) is 9.55 Å². The Hall–Kier alpha value is -2.54. The second-order valence-electron chi connectivity index (χ2n) is 5.99. The van der Waals surface area contributed by atoms with Gasteiger partial charge in [-0.25, -0.2) is 14.2 Å². The SMILES string of the molecule is CCCCOC(=O)[C@@H](C)n1cnc2scc(-c3ccc(F)cc3)c2c1=O. The molecule has 0 amide bonds. The summed E-state index contributed by atoms with van der Waals surface area (Å²) in [6.45, 7) is 3.96. The number of carbonyl (C=O) groups is 1. The normalized spacial score (nSPS) is 12.3. The number of fused-ring (bicyclic) bond motifs is 1. The lowest BCUT2D eigenvalue weighted by Crippen LogP contribution is -2.29. The summed E-state index contributed by atoms with van der Waals surface area (Å²) in [5, 5.41) is 2.25. The van der Waals surface area contributed by atoms with E-state index in [4.69, 9.17) is 4.74 Å². The van der Waals surface area contributed by atoms with E-state index in [0.29, 0.717) is 22.4 Å². The van der Waals surface area contributed by atoms with Gasteiger partial charge in [0.05, 0.1) is 18.3 Å². The molecular weight excluding hydrogens is 355 g/mol. The third kappa shape index (κ3) is 3.53. The van der Waals surface area contributed by atoms with Crippen LogP contribution < -0.4 is 5.56 Å². The Morgan fingerprint density at radius 2 is 2.08 bits per heavy atom. The molecule has 0 saturated heterocycles. The quantitative estimate of drug-likeness (QED) is 0.480. The van der Waals surface area contributed by atoms with Crippen molar-refractivity contribution in [3.05, 3.63) is 52.1 Å². The van der Waals surface area contributed by atoms with Crippen LogP contribution in [0.1, 0.15) is 32.7 Å². The minimum atomic E-state index is -0.766. The van der Waals surface area contributed by atoms with E-state index in [1.807, 2.05) is 12.3 Å². The third-order valence-electron chi connectivity index (χ3n) is 4.18. The zero-order valence-electron chi connectivity index (χ0n) is 14.6. The van der Waals surface area contributed by atoms with E-state index in [-0.39, 0.29) is 11.4 Å². The predicted molar refractivity (Wildman–Crippen MR) is 99.9 cm³/mol. The molecule has 1 aromatic carbocycles.